The standard InChI is InChI=1S/C16H14ClN3O2S/c1-9-6-11(14(22-2)7-10(9)17)18-16(21)13-8-12(19-20-13)15-4-3-5-23-15/h3-8H,1-2H3,(H,18,21)(H,19,20). The van der Waals surface area contributed by atoms with E-state index < -0.39 is 0 Å². The number of aryl methyl sites for hydroxylation is 1. The van der Waals surface area contributed by atoms with Gasteiger partial charge in [-0.15, -0.1) is 11.3 Å². The van der Waals surface area contributed by atoms with Crippen LogP contribution in [0.5, 0.6) is 5.75 Å². The predicted molar refractivity (Wildman–Crippen MR) is 92.6 cm³/mol. The Kier molecular flexibility index (Phi) is 4.36. The summed E-state index contributed by atoms with van der Waals surface area (Å²) in [6.07, 6.45) is 0. The van der Waals surface area contributed by atoms with Gasteiger partial charge in [0, 0.05) is 11.1 Å². The monoisotopic (exact) mass is 347 g/mol. The molecule has 3 aromatic rings. The molecule has 2 aromatic heterocycles. The molecule has 0 saturated heterocycles. The number of halogens is 1. The number of rotatable bonds is 4. The zero-order chi connectivity index (χ0) is 16.4. The molecule has 2 heterocycles. The number of aromatic amines is 1. The summed E-state index contributed by atoms with van der Waals surface area (Å²) in [5.74, 6) is 0.187. The summed E-state index contributed by atoms with van der Waals surface area (Å²) >= 11 is 7.65. The number of aromatic nitrogens is 2. The Hall–Kier alpha value is -2.31. The molecule has 118 valence electrons. The van der Waals surface area contributed by atoms with Gasteiger partial charge in [-0.25, -0.2) is 0 Å². The lowest BCUT2D eigenvalue weighted by atomic mass is 10.2. The molecule has 23 heavy (non-hydrogen) atoms. The van der Waals surface area contributed by atoms with Crippen molar-refractivity contribution in [3.05, 3.63) is 52.0 Å². The number of hydrogen-bond donors (Lipinski definition) is 2. The molecule has 0 aliphatic heterocycles. The number of carbonyl (C=O) groups is 1. The molecule has 0 bridgehead atoms. The molecule has 2 N–H and O–H groups in total. The molecule has 0 aliphatic rings. The summed E-state index contributed by atoms with van der Waals surface area (Å²) in [6, 6.07) is 9.07. The number of carbonyl (C=O) groups excluding carboxylic acids is 1. The van der Waals surface area contributed by atoms with Crippen LogP contribution in [0.3, 0.4) is 0 Å². The molecule has 1 aromatic carbocycles. The number of amides is 1. The quantitative estimate of drug-likeness (QED) is 0.736. The van der Waals surface area contributed by atoms with E-state index in [1.165, 1.54) is 7.11 Å². The lowest BCUT2D eigenvalue weighted by Gasteiger charge is -2.11. The highest BCUT2D eigenvalue weighted by molar-refractivity contribution is 7.13. The van der Waals surface area contributed by atoms with E-state index in [0.717, 1.165) is 16.1 Å². The minimum absolute atomic E-state index is 0.308. The van der Waals surface area contributed by atoms with Crippen molar-refractivity contribution in [2.24, 2.45) is 0 Å². The van der Waals surface area contributed by atoms with Crippen molar-refractivity contribution >= 4 is 34.5 Å². The van der Waals surface area contributed by atoms with Crippen molar-refractivity contribution in [2.45, 2.75) is 6.92 Å². The summed E-state index contributed by atoms with van der Waals surface area (Å²) in [5, 5.41) is 12.3. The lowest BCUT2D eigenvalue weighted by Crippen LogP contribution is -2.13. The van der Waals surface area contributed by atoms with Crippen molar-refractivity contribution < 1.29 is 9.53 Å². The maximum Gasteiger partial charge on any atom is 0.276 e. The van der Waals surface area contributed by atoms with Crippen molar-refractivity contribution in [3.8, 4) is 16.3 Å². The fourth-order valence-electron chi connectivity index (χ4n) is 2.11. The third-order valence-corrected chi connectivity index (χ3v) is 4.64. The first-order chi connectivity index (χ1) is 11.1. The van der Waals surface area contributed by atoms with E-state index in [0.29, 0.717) is 22.2 Å². The molecule has 0 radical (unpaired) electrons. The molecule has 0 atom stereocenters. The van der Waals surface area contributed by atoms with E-state index in [-0.39, 0.29) is 5.91 Å². The van der Waals surface area contributed by atoms with E-state index in [1.807, 2.05) is 24.4 Å². The Morgan fingerprint density at radius 3 is 2.91 bits per heavy atom. The fraction of sp³-hybridized carbons (Fsp3) is 0.125. The normalized spacial score (nSPS) is 10.6. The van der Waals surface area contributed by atoms with Crippen LogP contribution in [0.25, 0.3) is 10.6 Å². The number of hydrogen-bond acceptors (Lipinski definition) is 4. The molecule has 0 fully saturated rings. The Morgan fingerprint density at radius 1 is 1.39 bits per heavy atom. The molecule has 0 unspecified atom stereocenters. The molecular formula is C16H14ClN3O2S. The fourth-order valence-corrected chi connectivity index (χ4v) is 2.96. The Bertz CT molecular complexity index is 843. The summed E-state index contributed by atoms with van der Waals surface area (Å²) < 4.78 is 5.26. The van der Waals surface area contributed by atoms with Gasteiger partial charge in [0.2, 0.25) is 0 Å². The minimum atomic E-state index is -0.316. The highest BCUT2D eigenvalue weighted by Gasteiger charge is 2.15. The number of nitrogens with one attached hydrogen (secondary N) is 2. The van der Waals surface area contributed by atoms with Crippen LogP contribution >= 0.6 is 22.9 Å². The predicted octanol–water partition coefficient (Wildman–Crippen LogP) is 4.36. The van der Waals surface area contributed by atoms with Gasteiger partial charge in [-0.2, -0.15) is 5.10 Å². The first-order valence-electron chi connectivity index (χ1n) is 6.83. The molecule has 7 heteroatoms. The minimum Gasteiger partial charge on any atom is -0.495 e. The third kappa shape index (κ3) is 3.23. The van der Waals surface area contributed by atoms with Gasteiger partial charge in [-0.1, -0.05) is 17.7 Å². The number of H-pyrrole nitrogens is 1. The lowest BCUT2D eigenvalue weighted by molar-refractivity contribution is 0.102. The Balaban J connectivity index is 1.84. The van der Waals surface area contributed by atoms with E-state index >= 15 is 0 Å². The van der Waals surface area contributed by atoms with Crippen LogP contribution in [0.15, 0.2) is 35.7 Å². The number of nitrogens with zero attached hydrogens (tertiary/aromatic N) is 1. The molecule has 0 spiro atoms. The molecule has 5 nitrogen and oxygen atoms in total. The van der Waals surface area contributed by atoms with Gasteiger partial charge in [0.1, 0.15) is 5.75 Å². The topological polar surface area (TPSA) is 67.0 Å². The summed E-state index contributed by atoms with van der Waals surface area (Å²) in [6.45, 7) is 1.86. The van der Waals surface area contributed by atoms with Gasteiger partial charge in [0.15, 0.2) is 5.69 Å². The number of methoxy groups -OCH3 is 1. The van der Waals surface area contributed by atoms with Crippen LogP contribution in [0.2, 0.25) is 5.02 Å². The highest BCUT2D eigenvalue weighted by Crippen LogP contribution is 2.31. The van der Waals surface area contributed by atoms with E-state index in [9.17, 15) is 4.79 Å². The summed E-state index contributed by atoms with van der Waals surface area (Å²) in [7, 11) is 1.53. The van der Waals surface area contributed by atoms with Gasteiger partial charge in [-0.3, -0.25) is 9.89 Å². The van der Waals surface area contributed by atoms with Crippen LogP contribution in [-0.2, 0) is 0 Å². The second-order valence-corrected chi connectivity index (χ2v) is 6.25. The molecular weight excluding hydrogens is 334 g/mol. The number of thiophene rings is 1. The largest absolute Gasteiger partial charge is 0.495 e. The van der Waals surface area contributed by atoms with E-state index in [2.05, 4.69) is 15.5 Å². The van der Waals surface area contributed by atoms with Gasteiger partial charge in [-0.05, 0) is 36.1 Å². The third-order valence-electron chi connectivity index (χ3n) is 3.33. The number of benzene rings is 1. The van der Waals surface area contributed by atoms with Crippen LogP contribution in [0.4, 0.5) is 5.69 Å². The van der Waals surface area contributed by atoms with E-state index in [4.69, 9.17) is 16.3 Å². The highest BCUT2D eigenvalue weighted by atomic mass is 35.5. The summed E-state index contributed by atoms with van der Waals surface area (Å²) in [5.41, 5.74) is 2.52. The molecule has 0 aliphatic carbocycles. The Morgan fingerprint density at radius 2 is 2.22 bits per heavy atom. The first-order valence-corrected chi connectivity index (χ1v) is 8.09. The Labute approximate surface area is 142 Å². The van der Waals surface area contributed by atoms with Crippen LogP contribution in [0, 0.1) is 6.92 Å². The zero-order valence-electron chi connectivity index (χ0n) is 12.5. The number of anilines is 1. The SMILES string of the molecule is COc1cc(Cl)c(C)cc1NC(=O)c1cc(-c2cccs2)[nH]n1. The van der Waals surface area contributed by atoms with Crippen LogP contribution < -0.4 is 10.1 Å². The van der Waals surface area contributed by atoms with Crippen molar-refractivity contribution in [1.82, 2.24) is 10.2 Å². The van der Waals surface area contributed by atoms with E-state index in [1.54, 1.807) is 29.5 Å². The van der Waals surface area contributed by atoms with Crippen molar-refractivity contribution in [3.63, 3.8) is 0 Å². The maximum atomic E-state index is 12.4. The number of ether oxygens (including phenoxy) is 1. The summed E-state index contributed by atoms with van der Waals surface area (Å²) in [4.78, 5) is 13.4. The van der Waals surface area contributed by atoms with Gasteiger partial charge < -0.3 is 10.1 Å². The van der Waals surface area contributed by atoms with Gasteiger partial charge in [0.25, 0.3) is 5.91 Å². The average Bonchev–Trinajstić information content (AvgIpc) is 3.20. The second kappa shape index (κ2) is 6.44. The van der Waals surface area contributed by atoms with Gasteiger partial charge in [0.05, 0.1) is 23.4 Å². The zero-order valence-corrected chi connectivity index (χ0v) is 14.1. The first kappa shape index (κ1) is 15.6. The maximum absolute atomic E-state index is 12.4. The van der Waals surface area contributed by atoms with Crippen LogP contribution in [-0.4, -0.2) is 23.2 Å². The molecule has 1 amide bonds. The smallest absolute Gasteiger partial charge is 0.276 e. The molecule has 3 rings (SSSR count). The van der Waals surface area contributed by atoms with Crippen LogP contribution in [0.1, 0.15) is 16.1 Å². The second-order valence-electron chi connectivity index (χ2n) is 4.90. The van der Waals surface area contributed by atoms with Crippen molar-refractivity contribution in [1.29, 1.82) is 0 Å². The van der Waals surface area contributed by atoms with Gasteiger partial charge >= 0.3 is 0 Å². The molecule has 0 saturated carbocycles. The van der Waals surface area contributed by atoms with Crippen molar-refractivity contribution in [2.75, 3.05) is 12.4 Å². The average molecular weight is 348 g/mol.